The zero-order valence-corrected chi connectivity index (χ0v) is 10.6. The van der Waals surface area contributed by atoms with Crippen molar-refractivity contribution in [3.05, 3.63) is 29.3 Å². The van der Waals surface area contributed by atoms with Gasteiger partial charge in [-0.2, -0.15) is 8.42 Å². The van der Waals surface area contributed by atoms with Gasteiger partial charge in [-0.15, -0.1) is 0 Å². The van der Waals surface area contributed by atoms with Gasteiger partial charge in [-0.05, 0) is 32.4 Å². The molecule has 1 aromatic carbocycles. The lowest BCUT2D eigenvalue weighted by Gasteiger charge is -2.11. The molecule has 1 aromatic rings. The van der Waals surface area contributed by atoms with E-state index >= 15 is 0 Å². The summed E-state index contributed by atoms with van der Waals surface area (Å²) >= 11 is 0. The number of rotatable bonds is 4. The van der Waals surface area contributed by atoms with Crippen LogP contribution in [-0.2, 0) is 19.1 Å². The van der Waals surface area contributed by atoms with Gasteiger partial charge in [-0.25, -0.2) is 4.79 Å². The van der Waals surface area contributed by atoms with Crippen LogP contribution in [0.5, 0.6) is 0 Å². The van der Waals surface area contributed by atoms with Crippen LogP contribution >= 0.6 is 0 Å². The van der Waals surface area contributed by atoms with E-state index in [1.807, 2.05) is 6.92 Å². The monoisotopic (exact) mass is 258 g/mol. The second-order valence-electron chi connectivity index (χ2n) is 3.80. The van der Waals surface area contributed by atoms with Crippen molar-refractivity contribution in [2.45, 2.75) is 31.8 Å². The van der Waals surface area contributed by atoms with Gasteiger partial charge < -0.3 is 5.11 Å². The molecule has 1 N–H and O–H groups in total. The highest BCUT2D eigenvalue weighted by Crippen LogP contribution is 2.19. The number of carboxylic acids is 1. The van der Waals surface area contributed by atoms with Crippen molar-refractivity contribution < 1.29 is 22.5 Å². The third-order valence-electron chi connectivity index (χ3n) is 2.22. The first-order chi connectivity index (χ1) is 7.74. The molecule has 0 saturated heterocycles. The predicted octanol–water partition coefficient (Wildman–Crippen LogP) is 1.48. The Morgan fingerprint density at radius 3 is 2.41 bits per heavy atom. The summed E-state index contributed by atoms with van der Waals surface area (Å²) in [5, 5.41) is 8.62. The lowest BCUT2D eigenvalue weighted by Crippen LogP contribution is -2.24. The minimum Gasteiger partial charge on any atom is -0.479 e. The fraction of sp³-hybridized carbons (Fsp3) is 0.364. The summed E-state index contributed by atoms with van der Waals surface area (Å²) in [6.07, 6.45) is -1.40. The first kappa shape index (κ1) is 13.7. The summed E-state index contributed by atoms with van der Waals surface area (Å²) in [5.41, 5.74) is 1.45. The minimum absolute atomic E-state index is 0.00352. The van der Waals surface area contributed by atoms with Gasteiger partial charge in [0.25, 0.3) is 10.1 Å². The fourth-order valence-electron chi connectivity index (χ4n) is 1.36. The summed E-state index contributed by atoms with van der Waals surface area (Å²) in [4.78, 5) is 10.6. The molecule has 0 bridgehead atoms. The molecule has 0 heterocycles. The van der Waals surface area contributed by atoms with Gasteiger partial charge in [0.2, 0.25) is 0 Å². The standard InChI is InChI=1S/C11H14O5S/c1-7-4-5-10(8(2)6-7)17(14,15)16-9(3)11(12)13/h4-6,9H,1-3H3,(H,12,13). The molecule has 0 aliphatic heterocycles. The van der Waals surface area contributed by atoms with Gasteiger partial charge in [-0.1, -0.05) is 17.7 Å². The molecule has 5 nitrogen and oxygen atoms in total. The molecule has 0 amide bonds. The molecule has 0 spiro atoms. The third kappa shape index (κ3) is 3.28. The molecule has 0 saturated carbocycles. The van der Waals surface area contributed by atoms with Crippen LogP contribution < -0.4 is 0 Å². The van der Waals surface area contributed by atoms with Crippen molar-refractivity contribution >= 4 is 16.1 Å². The lowest BCUT2D eigenvalue weighted by molar-refractivity contribution is -0.144. The van der Waals surface area contributed by atoms with Crippen LogP contribution in [0.25, 0.3) is 0 Å². The molecule has 0 aliphatic rings. The highest BCUT2D eigenvalue weighted by Gasteiger charge is 2.24. The summed E-state index contributed by atoms with van der Waals surface area (Å²) in [7, 11) is -4.03. The van der Waals surface area contributed by atoms with Gasteiger partial charge in [0.05, 0.1) is 4.90 Å². The summed E-state index contributed by atoms with van der Waals surface area (Å²) in [6, 6.07) is 4.74. The Balaban J connectivity index is 3.10. The second kappa shape index (κ2) is 4.85. The maximum absolute atomic E-state index is 11.8. The average molecular weight is 258 g/mol. The maximum atomic E-state index is 11.8. The van der Waals surface area contributed by atoms with Crippen molar-refractivity contribution in [3.63, 3.8) is 0 Å². The van der Waals surface area contributed by atoms with E-state index in [-0.39, 0.29) is 4.90 Å². The van der Waals surface area contributed by atoms with Crippen LogP contribution in [0.4, 0.5) is 0 Å². The van der Waals surface area contributed by atoms with Gasteiger partial charge in [0.1, 0.15) is 0 Å². The van der Waals surface area contributed by atoms with Crippen molar-refractivity contribution in [1.82, 2.24) is 0 Å². The van der Waals surface area contributed by atoms with E-state index in [1.54, 1.807) is 19.1 Å². The van der Waals surface area contributed by atoms with Gasteiger partial charge in [0.15, 0.2) is 6.10 Å². The van der Waals surface area contributed by atoms with Crippen molar-refractivity contribution in [1.29, 1.82) is 0 Å². The van der Waals surface area contributed by atoms with Crippen LogP contribution in [-0.4, -0.2) is 25.6 Å². The Morgan fingerprint density at radius 1 is 1.35 bits per heavy atom. The second-order valence-corrected chi connectivity index (χ2v) is 5.34. The van der Waals surface area contributed by atoms with E-state index in [9.17, 15) is 13.2 Å². The van der Waals surface area contributed by atoms with Crippen LogP contribution in [0.15, 0.2) is 23.1 Å². The number of hydrogen-bond acceptors (Lipinski definition) is 4. The zero-order chi connectivity index (χ0) is 13.2. The smallest absolute Gasteiger partial charge is 0.334 e. The zero-order valence-electron chi connectivity index (χ0n) is 9.80. The summed E-state index contributed by atoms with van der Waals surface area (Å²) in [6.45, 7) is 4.64. The topological polar surface area (TPSA) is 80.7 Å². The number of carbonyl (C=O) groups is 1. The highest BCUT2D eigenvalue weighted by molar-refractivity contribution is 7.86. The SMILES string of the molecule is Cc1ccc(S(=O)(=O)OC(C)C(=O)O)c(C)c1. The Morgan fingerprint density at radius 2 is 1.94 bits per heavy atom. The Bertz CT molecular complexity index is 533. The molecule has 0 aliphatic carbocycles. The highest BCUT2D eigenvalue weighted by atomic mass is 32.2. The summed E-state index contributed by atoms with van der Waals surface area (Å²) < 4.78 is 28.2. The first-order valence-corrected chi connectivity index (χ1v) is 6.38. The molecule has 0 fully saturated rings. The minimum atomic E-state index is -4.03. The first-order valence-electron chi connectivity index (χ1n) is 4.97. The van der Waals surface area contributed by atoms with Gasteiger partial charge in [-0.3, -0.25) is 4.18 Å². The average Bonchev–Trinajstić information content (AvgIpc) is 2.15. The molecule has 94 valence electrons. The predicted molar refractivity (Wildman–Crippen MR) is 61.3 cm³/mol. The number of carboxylic acid groups (broad SMARTS) is 1. The lowest BCUT2D eigenvalue weighted by atomic mass is 10.2. The number of hydrogen-bond donors (Lipinski definition) is 1. The van der Waals surface area contributed by atoms with Crippen molar-refractivity contribution in [2.24, 2.45) is 0 Å². The normalized spacial score (nSPS) is 13.4. The van der Waals surface area contributed by atoms with E-state index in [0.29, 0.717) is 5.56 Å². The fourth-order valence-corrected chi connectivity index (χ4v) is 2.62. The molecule has 17 heavy (non-hydrogen) atoms. The number of benzene rings is 1. The van der Waals surface area contributed by atoms with Crippen LogP contribution in [0.3, 0.4) is 0 Å². The molecule has 1 unspecified atom stereocenters. The van der Waals surface area contributed by atoms with Crippen molar-refractivity contribution in [2.75, 3.05) is 0 Å². The molecule has 1 atom stereocenters. The quantitative estimate of drug-likeness (QED) is 0.827. The number of aryl methyl sites for hydroxylation is 2. The van der Waals surface area contributed by atoms with Crippen LogP contribution in [0, 0.1) is 13.8 Å². The molecular formula is C11H14O5S. The van der Waals surface area contributed by atoms with Gasteiger partial charge in [0, 0.05) is 0 Å². The van der Waals surface area contributed by atoms with Crippen molar-refractivity contribution in [3.8, 4) is 0 Å². The largest absolute Gasteiger partial charge is 0.479 e. The molecule has 6 heteroatoms. The van der Waals surface area contributed by atoms with Crippen LogP contribution in [0.1, 0.15) is 18.1 Å². The van der Waals surface area contributed by atoms with E-state index in [1.165, 1.54) is 13.0 Å². The van der Waals surface area contributed by atoms with Gasteiger partial charge >= 0.3 is 5.97 Å². The number of aliphatic carboxylic acids is 1. The van der Waals surface area contributed by atoms with E-state index in [2.05, 4.69) is 4.18 Å². The molecule has 1 rings (SSSR count). The third-order valence-corrected chi connectivity index (χ3v) is 3.76. The van der Waals surface area contributed by atoms with E-state index < -0.39 is 22.2 Å². The summed E-state index contributed by atoms with van der Waals surface area (Å²) in [5.74, 6) is -1.32. The Kier molecular flexibility index (Phi) is 3.90. The molecule has 0 aromatic heterocycles. The Hall–Kier alpha value is -1.40. The molecular weight excluding hydrogens is 244 g/mol. The van der Waals surface area contributed by atoms with Crippen LogP contribution in [0.2, 0.25) is 0 Å². The van der Waals surface area contributed by atoms with E-state index in [0.717, 1.165) is 5.56 Å². The molecule has 0 radical (unpaired) electrons. The van der Waals surface area contributed by atoms with E-state index in [4.69, 9.17) is 5.11 Å². The Labute approximate surface area is 100 Å². The maximum Gasteiger partial charge on any atom is 0.334 e.